The van der Waals surface area contributed by atoms with Gasteiger partial charge in [-0.3, -0.25) is 0 Å². The topological polar surface area (TPSA) is 40.5 Å². The molecule has 0 fully saturated rings. The molecule has 0 unspecified atom stereocenters. The summed E-state index contributed by atoms with van der Waals surface area (Å²) in [6, 6.07) is 0. The second kappa shape index (κ2) is 2.78. The minimum absolute atomic E-state index is 0.156. The van der Waals surface area contributed by atoms with E-state index in [2.05, 4.69) is 0 Å². The first-order valence-corrected chi connectivity index (χ1v) is 3.46. The predicted molar refractivity (Wildman–Crippen MR) is 39.8 cm³/mol. The number of hydrogen-bond donors (Lipinski definition) is 2. The first-order chi connectivity index (χ1) is 4.74. The quantitative estimate of drug-likeness (QED) is 0.548. The maximum absolute atomic E-state index is 8.99. The van der Waals surface area contributed by atoms with Crippen LogP contribution in [0.5, 0.6) is 0 Å². The van der Waals surface area contributed by atoms with Crippen LogP contribution in [0, 0.1) is 5.92 Å². The fourth-order valence-electron chi connectivity index (χ4n) is 1.21. The molecule has 0 atom stereocenters. The SMILES string of the molecule is CC=CC1CC(O)=C(O)C1. The molecule has 0 amide bonds. The lowest BCUT2D eigenvalue weighted by Crippen LogP contribution is -1.88. The molecule has 2 N–H and O–H groups in total. The minimum Gasteiger partial charge on any atom is -0.509 e. The highest BCUT2D eigenvalue weighted by Gasteiger charge is 2.20. The highest BCUT2D eigenvalue weighted by Crippen LogP contribution is 2.28. The Labute approximate surface area is 60.5 Å². The Hall–Kier alpha value is -0.920. The summed E-state index contributed by atoms with van der Waals surface area (Å²) in [5.41, 5.74) is 0. The van der Waals surface area contributed by atoms with Crippen molar-refractivity contribution in [2.24, 2.45) is 5.92 Å². The number of hydrogen-bond acceptors (Lipinski definition) is 2. The Bertz CT molecular complexity index is 166. The maximum atomic E-state index is 8.99. The zero-order valence-corrected chi connectivity index (χ0v) is 6.04. The monoisotopic (exact) mass is 140 g/mol. The predicted octanol–water partition coefficient (Wildman–Crippen LogP) is 2.30. The van der Waals surface area contributed by atoms with Crippen LogP contribution in [-0.2, 0) is 0 Å². The van der Waals surface area contributed by atoms with Gasteiger partial charge in [-0.1, -0.05) is 12.2 Å². The van der Waals surface area contributed by atoms with Gasteiger partial charge >= 0.3 is 0 Å². The largest absolute Gasteiger partial charge is 0.509 e. The number of aliphatic hydroxyl groups is 2. The van der Waals surface area contributed by atoms with Gasteiger partial charge in [0, 0.05) is 12.8 Å². The Morgan fingerprint density at radius 3 is 2.20 bits per heavy atom. The van der Waals surface area contributed by atoms with E-state index in [4.69, 9.17) is 10.2 Å². The van der Waals surface area contributed by atoms with Crippen molar-refractivity contribution in [1.82, 2.24) is 0 Å². The number of allylic oxidation sites excluding steroid dienone is 4. The average molecular weight is 140 g/mol. The van der Waals surface area contributed by atoms with Crippen LogP contribution in [0.4, 0.5) is 0 Å². The van der Waals surface area contributed by atoms with Gasteiger partial charge in [0.2, 0.25) is 0 Å². The molecule has 1 aliphatic carbocycles. The number of rotatable bonds is 1. The summed E-state index contributed by atoms with van der Waals surface area (Å²) in [4.78, 5) is 0. The van der Waals surface area contributed by atoms with Crippen molar-refractivity contribution in [3.05, 3.63) is 23.7 Å². The molecule has 0 aromatic rings. The zero-order chi connectivity index (χ0) is 7.56. The van der Waals surface area contributed by atoms with Crippen LogP contribution in [0.15, 0.2) is 23.7 Å². The molecular formula is C8H12O2. The van der Waals surface area contributed by atoms with Crippen molar-refractivity contribution in [3.63, 3.8) is 0 Å². The lowest BCUT2D eigenvalue weighted by atomic mass is 10.1. The third kappa shape index (κ3) is 1.32. The molecule has 0 saturated heterocycles. The van der Waals surface area contributed by atoms with E-state index in [1.54, 1.807) is 0 Å². The molecule has 2 heteroatoms. The van der Waals surface area contributed by atoms with Crippen LogP contribution in [0.25, 0.3) is 0 Å². The second-order valence-corrected chi connectivity index (χ2v) is 2.59. The fourth-order valence-corrected chi connectivity index (χ4v) is 1.21. The smallest absolute Gasteiger partial charge is 0.130 e. The summed E-state index contributed by atoms with van der Waals surface area (Å²) in [5, 5.41) is 18.0. The van der Waals surface area contributed by atoms with Crippen molar-refractivity contribution in [1.29, 1.82) is 0 Å². The maximum Gasteiger partial charge on any atom is 0.130 e. The van der Waals surface area contributed by atoms with Gasteiger partial charge in [-0.2, -0.15) is 0 Å². The summed E-state index contributed by atoms with van der Waals surface area (Å²) < 4.78 is 0. The van der Waals surface area contributed by atoms with E-state index in [0.717, 1.165) is 0 Å². The van der Waals surface area contributed by atoms with Crippen molar-refractivity contribution in [3.8, 4) is 0 Å². The van der Waals surface area contributed by atoms with Crippen molar-refractivity contribution in [2.75, 3.05) is 0 Å². The first-order valence-electron chi connectivity index (χ1n) is 3.46. The van der Waals surface area contributed by atoms with Gasteiger partial charge in [-0.25, -0.2) is 0 Å². The molecule has 0 radical (unpaired) electrons. The van der Waals surface area contributed by atoms with E-state index >= 15 is 0 Å². The molecular weight excluding hydrogens is 128 g/mol. The van der Waals surface area contributed by atoms with Gasteiger partial charge in [0.05, 0.1) is 0 Å². The van der Waals surface area contributed by atoms with Gasteiger partial charge in [0.1, 0.15) is 11.5 Å². The highest BCUT2D eigenvalue weighted by molar-refractivity contribution is 5.12. The van der Waals surface area contributed by atoms with Crippen LogP contribution < -0.4 is 0 Å². The summed E-state index contributed by atoms with van der Waals surface area (Å²) in [6.07, 6.45) is 5.13. The standard InChI is InChI=1S/C8H12O2/c1-2-3-6-4-7(9)8(10)5-6/h2-3,6,9-10H,4-5H2,1H3. The highest BCUT2D eigenvalue weighted by atomic mass is 16.3. The van der Waals surface area contributed by atoms with Crippen molar-refractivity contribution < 1.29 is 10.2 Å². The van der Waals surface area contributed by atoms with Gasteiger partial charge in [-0.05, 0) is 12.8 Å². The Kier molecular flexibility index (Phi) is 2.00. The van der Waals surface area contributed by atoms with Crippen molar-refractivity contribution >= 4 is 0 Å². The van der Waals surface area contributed by atoms with E-state index in [-0.39, 0.29) is 11.5 Å². The van der Waals surface area contributed by atoms with E-state index < -0.39 is 0 Å². The minimum atomic E-state index is 0.156. The van der Waals surface area contributed by atoms with Gasteiger partial charge < -0.3 is 10.2 Å². The first kappa shape index (κ1) is 7.19. The van der Waals surface area contributed by atoms with Crippen LogP contribution >= 0.6 is 0 Å². The third-order valence-corrected chi connectivity index (χ3v) is 1.71. The Morgan fingerprint density at radius 1 is 1.30 bits per heavy atom. The zero-order valence-electron chi connectivity index (χ0n) is 6.04. The van der Waals surface area contributed by atoms with Gasteiger partial charge in [-0.15, -0.1) is 0 Å². The fraction of sp³-hybridized carbons (Fsp3) is 0.500. The van der Waals surface area contributed by atoms with E-state index in [1.807, 2.05) is 19.1 Å². The summed E-state index contributed by atoms with van der Waals surface area (Å²) in [7, 11) is 0. The van der Waals surface area contributed by atoms with Crippen LogP contribution in [-0.4, -0.2) is 10.2 Å². The Morgan fingerprint density at radius 2 is 1.80 bits per heavy atom. The van der Waals surface area contributed by atoms with E-state index in [0.29, 0.717) is 18.8 Å². The molecule has 0 aromatic heterocycles. The third-order valence-electron chi connectivity index (χ3n) is 1.71. The molecule has 0 bridgehead atoms. The molecule has 1 aliphatic rings. The average Bonchev–Trinajstić information content (AvgIpc) is 2.14. The molecule has 1 rings (SSSR count). The molecule has 0 aliphatic heterocycles. The van der Waals surface area contributed by atoms with Crippen LogP contribution in [0.3, 0.4) is 0 Å². The molecule has 2 nitrogen and oxygen atoms in total. The molecule has 56 valence electrons. The van der Waals surface area contributed by atoms with Gasteiger partial charge in [0.15, 0.2) is 0 Å². The second-order valence-electron chi connectivity index (χ2n) is 2.59. The van der Waals surface area contributed by atoms with Gasteiger partial charge in [0.25, 0.3) is 0 Å². The molecule has 0 aromatic carbocycles. The summed E-state index contributed by atoms with van der Waals surface area (Å²) >= 11 is 0. The normalized spacial score (nSPS) is 21.3. The molecule has 0 spiro atoms. The van der Waals surface area contributed by atoms with Crippen LogP contribution in [0.2, 0.25) is 0 Å². The van der Waals surface area contributed by atoms with E-state index in [9.17, 15) is 0 Å². The molecule has 10 heavy (non-hydrogen) atoms. The lowest BCUT2D eigenvalue weighted by Gasteiger charge is -1.98. The summed E-state index contributed by atoms with van der Waals surface area (Å²) in [5.74, 6) is 0.621. The molecule has 0 heterocycles. The Balaban J connectivity index is 2.51. The van der Waals surface area contributed by atoms with Crippen molar-refractivity contribution in [2.45, 2.75) is 19.8 Å². The number of aliphatic hydroxyl groups excluding tert-OH is 2. The summed E-state index contributed by atoms with van der Waals surface area (Å²) in [6.45, 7) is 1.94. The lowest BCUT2D eigenvalue weighted by molar-refractivity contribution is 0.328. The van der Waals surface area contributed by atoms with Crippen LogP contribution in [0.1, 0.15) is 19.8 Å². The van der Waals surface area contributed by atoms with E-state index in [1.165, 1.54) is 0 Å². The molecule has 0 saturated carbocycles.